The van der Waals surface area contributed by atoms with Gasteiger partial charge in [0.15, 0.2) is 0 Å². The van der Waals surface area contributed by atoms with Gasteiger partial charge in [-0.2, -0.15) is 0 Å². The molecule has 34 heavy (non-hydrogen) atoms. The van der Waals surface area contributed by atoms with Crippen LogP contribution in [0.3, 0.4) is 0 Å². The molecule has 5 heteroatoms. The summed E-state index contributed by atoms with van der Waals surface area (Å²) in [4.78, 5) is 0. The summed E-state index contributed by atoms with van der Waals surface area (Å²) in [5, 5.41) is 11.1. The zero-order valence-corrected chi connectivity index (χ0v) is 21.8. The molecule has 3 aliphatic carbocycles. The van der Waals surface area contributed by atoms with Crippen molar-refractivity contribution in [2.45, 2.75) is 83.1 Å². The number of hydrogen-bond acceptors (Lipinski definition) is 5. The Morgan fingerprint density at radius 3 is 2.47 bits per heavy atom. The second-order valence-electron chi connectivity index (χ2n) is 11.3. The maximum Gasteiger partial charge on any atom is 0.119 e. The molecule has 1 aromatic rings. The van der Waals surface area contributed by atoms with E-state index < -0.39 is 0 Å². The van der Waals surface area contributed by atoms with Crippen molar-refractivity contribution in [1.29, 1.82) is 0 Å². The minimum absolute atomic E-state index is 0.482. The Morgan fingerprint density at radius 2 is 1.71 bits per heavy atom. The van der Waals surface area contributed by atoms with Crippen LogP contribution in [-0.4, -0.2) is 52.4 Å². The summed E-state index contributed by atoms with van der Waals surface area (Å²) in [6, 6.07) is 7.56. The van der Waals surface area contributed by atoms with E-state index in [-0.39, 0.29) is 0 Å². The summed E-state index contributed by atoms with van der Waals surface area (Å²) in [5.41, 5.74) is 9.18. The maximum atomic E-state index is 5.52. The highest BCUT2D eigenvalue weighted by Gasteiger charge is 2.54. The lowest BCUT2D eigenvalue weighted by Crippen LogP contribution is -2.49. The third-order valence-electron chi connectivity index (χ3n) is 9.37. The van der Waals surface area contributed by atoms with Crippen LogP contribution in [0, 0.1) is 17.3 Å². The minimum Gasteiger partial charge on any atom is -0.497 e. The number of nitrogens with two attached hydrogens (primary N) is 1. The van der Waals surface area contributed by atoms with E-state index in [4.69, 9.17) is 10.5 Å². The van der Waals surface area contributed by atoms with Crippen LogP contribution in [0.15, 0.2) is 18.2 Å². The SMILES string of the molecule is COc1ccc2c(c1)CC[C@@H]1[C@@H]2CC[C@]2(C)[C@@H](NCCCNCCCCNCCCN)CC[C@@H]12. The van der Waals surface area contributed by atoms with E-state index >= 15 is 0 Å². The molecule has 2 fully saturated rings. The Labute approximate surface area is 208 Å². The Balaban J connectivity index is 1.16. The molecule has 5 atom stereocenters. The van der Waals surface area contributed by atoms with Gasteiger partial charge in [-0.15, -0.1) is 0 Å². The fourth-order valence-corrected chi connectivity index (χ4v) is 7.49. The van der Waals surface area contributed by atoms with Gasteiger partial charge in [0.05, 0.1) is 7.11 Å². The molecule has 0 unspecified atom stereocenters. The van der Waals surface area contributed by atoms with Gasteiger partial charge < -0.3 is 26.4 Å². The number of unbranched alkanes of at least 4 members (excludes halogenated alkanes) is 1. The molecule has 0 amide bonds. The van der Waals surface area contributed by atoms with Gasteiger partial charge >= 0.3 is 0 Å². The summed E-state index contributed by atoms with van der Waals surface area (Å²) in [5.74, 6) is 3.55. The Bertz CT molecular complexity index is 756. The molecule has 2 saturated carbocycles. The molecule has 4 rings (SSSR count). The predicted octanol–water partition coefficient (Wildman–Crippen LogP) is 4.21. The average Bonchev–Trinajstić information content (AvgIpc) is 3.20. The lowest BCUT2D eigenvalue weighted by atomic mass is 9.55. The predicted molar refractivity (Wildman–Crippen MR) is 143 cm³/mol. The van der Waals surface area contributed by atoms with Crippen LogP contribution in [0.5, 0.6) is 5.75 Å². The molecule has 0 spiro atoms. The van der Waals surface area contributed by atoms with Gasteiger partial charge in [-0.1, -0.05) is 13.0 Å². The highest BCUT2D eigenvalue weighted by atomic mass is 16.5. The number of hydrogen-bond donors (Lipinski definition) is 4. The number of benzene rings is 1. The first-order valence-corrected chi connectivity index (χ1v) is 14.2. The molecular weight excluding hydrogens is 420 g/mol. The summed E-state index contributed by atoms with van der Waals surface area (Å²) in [6.07, 6.45) is 12.9. The molecule has 0 aromatic heterocycles. The summed E-state index contributed by atoms with van der Waals surface area (Å²) in [6.45, 7) is 8.99. The molecule has 0 saturated heterocycles. The second-order valence-corrected chi connectivity index (χ2v) is 11.3. The van der Waals surface area contributed by atoms with Crippen molar-refractivity contribution in [2.75, 3.05) is 46.4 Å². The third-order valence-corrected chi connectivity index (χ3v) is 9.37. The summed E-state index contributed by atoms with van der Waals surface area (Å²) in [7, 11) is 1.78. The van der Waals surface area contributed by atoms with E-state index in [0.717, 1.165) is 69.2 Å². The van der Waals surface area contributed by atoms with E-state index in [9.17, 15) is 0 Å². The number of nitrogens with one attached hydrogen (secondary N) is 3. The fraction of sp³-hybridized carbons (Fsp3) is 0.793. The molecule has 0 bridgehead atoms. The normalized spacial score (nSPS) is 30.0. The molecular formula is C29H50N4O. The van der Waals surface area contributed by atoms with Crippen molar-refractivity contribution >= 4 is 0 Å². The van der Waals surface area contributed by atoms with Gasteiger partial charge in [-0.3, -0.25) is 0 Å². The topological polar surface area (TPSA) is 71.3 Å². The maximum absolute atomic E-state index is 5.52. The smallest absolute Gasteiger partial charge is 0.119 e. The van der Waals surface area contributed by atoms with Gasteiger partial charge in [-0.25, -0.2) is 0 Å². The molecule has 1 aromatic carbocycles. The summed E-state index contributed by atoms with van der Waals surface area (Å²) >= 11 is 0. The van der Waals surface area contributed by atoms with E-state index in [1.165, 1.54) is 57.8 Å². The molecule has 3 aliphatic rings. The zero-order valence-electron chi connectivity index (χ0n) is 21.8. The van der Waals surface area contributed by atoms with Crippen molar-refractivity contribution in [3.63, 3.8) is 0 Å². The number of methoxy groups -OCH3 is 1. The lowest BCUT2D eigenvalue weighted by molar-refractivity contribution is 0.0412. The van der Waals surface area contributed by atoms with Crippen molar-refractivity contribution in [2.24, 2.45) is 23.0 Å². The number of rotatable bonds is 14. The van der Waals surface area contributed by atoms with Crippen molar-refractivity contribution in [3.05, 3.63) is 29.3 Å². The van der Waals surface area contributed by atoms with Crippen molar-refractivity contribution in [1.82, 2.24) is 16.0 Å². The molecule has 192 valence electrons. The van der Waals surface area contributed by atoms with Gasteiger partial charge in [-0.05, 0) is 150 Å². The van der Waals surface area contributed by atoms with E-state index in [1.807, 2.05) is 0 Å². The van der Waals surface area contributed by atoms with E-state index in [0.29, 0.717) is 11.5 Å². The average molecular weight is 471 g/mol. The lowest BCUT2D eigenvalue weighted by Gasteiger charge is -2.51. The first-order chi connectivity index (χ1) is 16.7. The Morgan fingerprint density at radius 1 is 0.941 bits per heavy atom. The highest BCUT2D eigenvalue weighted by Crippen LogP contribution is 2.60. The third kappa shape index (κ3) is 5.98. The highest BCUT2D eigenvalue weighted by molar-refractivity contribution is 5.40. The van der Waals surface area contributed by atoms with Gasteiger partial charge in [0.1, 0.15) is 5.75 Å². The monoisotopic (exact) mass is 470 g/mol. The van der Waals surface area contributed by atoms with Crippen LogP contribution in [0.1, 0.15) is 81.8 Å². The summed E-state index contributed by atoms with van der Waals surface area (Å²) < 4.78 is 5.49. The molecule has 5 nitrogen and oxygen atoms in total. The number of fused-ring (bicyclic) bond motifs is 5. The van der Waals surface area contributed by atoms with Gasteiger partial charge in [0.25, 0.3) is 0 Å². The van der Waals surface area contributed by atoms with E-state index in [1.54, 1.807) is 18.2 Å². The van der Waals surface area contributed by atoms with Crippen LogP contribution < -0.4 is 26.4 Å². The standard InChI is InChI=1S/C29H50N4O/c1-29-14-13-25-24-10-8-23(34-2)21-22(24)7-9-26(25)27(29)11-12-28(29)33-20-6-19-32-17-4-3-16-31-18-5-15-30/h8,10,21,25-28,31-33H,3-7,9,11-20,30H2,1-2H3/t25-,26-,27+,28+,29+/m1/s1. The molecule has 0 aliphatic heterocycles. The number of aryl methyl sites for hydroxylation is 1. The minimum atomic E-state index is 0.482. The Hall–Kier alpha value is -1.14. The van der Waals surface area contributed by atoms with Crippen LogP contribution >= 0.6 is 0 Å². The Kier molecular flexibility index (Phi) is 9.70. The van der Waals surface area contributed by atoms with Crippen molar-refractivity contribution in [3.8, 4) is 5.75 Å². The number of ether oxygens (including phenoxy) is 1. The second kappa shape index (κ2) is 12.7. The molecule has 0 heterocycles. The fourth-order valence-electron chi connectivity index (χ4n) is 7.49. The van der Waals surface area contributed by atoms with Gasteiger partial charge in [0, 0.05) is 6.04 Å². The van der Waals surface area contributed by atoms with Gasteiger partial charge in [0.2, 0.25) is 0 Å². The first kappa shape index (κ1) is 25.9. The van der Waals surface area contributed by atoms with Crippen LogP contribution in [0.25, 0.3) is 0 Å². The zero-order chi connectivity index (χ0) is 23.8. The van der Waals surface area contributed by atoms with E-state index in [2.05, 4.69) is 41.1 Å². The van der Waals surface area contributed by atoms with Crippen LogP contribution in [0.4, 0.5) is 0 Å². The van der Waals surface area contributed by atoms with Crippen molar-refractivity contribution < 1.29 is 4.74 Å². The quantitative estimate of drug-likeness (QED) is 0.307. The largest absolute Gasteiger partial charge is 0.497 e. The van der Waals surface area contributed by atoms with Crippen LogP contribution in [0.2, 0.25) is 0 Å². The van der Waals surface area contributed by atoms with Crippen LogP contribution in [-0.2, 0) is 6.42 Å². The molecule has 0 radical (unpaired) electrons. The first-order valence-electron chi connectivity index (χ1n) is 14.2. The molecule has 5 N–H and O–H groups in total.